The summed E-state index contributed by atoms with van der Waals surface area (Å²) < 4.78 is 11.3. The highest BCUT2D eigenvalue weighted by Gasteiger charge is 2.23. The number of ether oxygens (including phenoxy) is 2. The van der Waals surface area contributed by atoms with Crippen molar-refractivity contribution in [2.75, 3.05) is 39.9 Å². The van der Waals surface area contributed by atoms with Crippen LogP contribution in [-0.2, 0) is 6.54 Å². The maximum atomic E-state index is 6.35. The fourth-order valence-corrected chi connectivity index (χ4v) is 2.95. The van der Waals surface area contributed by atoms with E-state index in [1.807, 2.05) is 6.07 Å². The average molecular weight is 311 g/mol. The van der Waals surface area contributed by atoms with E-state index in [2.05, 4.69) is 16.3 Å². The number of hydrogen-bond acceptors (Lipinski definition) is 4. The molecule has 1 aliphatic heterocycles. The quantitative estimate of drug-likeness (QED) is 0.875. The molecule has 0 bridgehead atoms. The van der Waals surface area contributed by atoms with Crippen LogP contribution < -0.4 is 14.8 Å². The summed E-state index contributed by atoms with van der Waals surface area (Å²) in [6.45, 7) is 5.92. The molecular formula is C16H23ClN2O2. The van der Waals surface area contributed by atoms with E-state index in [0.717, 1.165) is 45.1 Å². The number of benzene rings is 1. The zero-order valence-corrected chi connectivity index (χ0v) is 13.3. The van der Waals surface area contributed by atoms with E-state index in [1.165, 1.54) is 18.4 Å². The van der Waals surface area contributed by atoms with Crippen molar-refractivity contribution in [1.29, 1.82) is 0 Å². The minimum Gasteiger partial charge on any atom is -0.491 e. The lowest BCUT2D eigenvalue weighted by Crippen LogP contribution is -2.42. The first-order valence-electron chi connectivity index (χ1n) is 7.68. The smallest absolute Gasteiger partial charge is 0.179 e. The summed E-state index contributed by atoms with van der Waals surface area (Å²) in [7, 11) is 1.64. The summed E-state index contributed by atoms with van der Waals surface area (Å²) >= 11 is 6.35. The Hall–Kier alpha value is -0.970. The van der Waals surface area contributed by atoms with Gasteiger partial charge in [-0.3, -0.25) is 4.90 Å². The van der Waals surface area contributed by atoms with Gasteiger partial charge < -0.3 is 14.8 Å². The van der Waals surface area contributed by atoms with E-state index in [1.54, 1.807) is 7.11 Å². The van der Waals surface area contributed by atoms with Crippen molar-refractivity contribution in [3.8, 4) is 11.5 Å². The Bertz CT molecular complexity index is 485. The zero-order chi connectivity index (χ0) is 14.7. The van der Waals surface area contributed by atoms with Crippen LogP contribution in [-0.4, -0.2) is 44.8 Å². The molecule has 0 spiro atoms. The van der Waals surface area contributed by atoms with Crippen LogP contribution in [0, 0.1) is 5.92 Å². The lowest BCUT2D eigenvalue weighted by molar-refractivity contribution is 0.232. The molecule has 1 saturated carbocycles. The number of halogens is 1. The van der Waals surface area contributed by atoms with Crippen molar-refractivity contribution in [2.45, 2.75) is 19.4 Å². The minimum atomic E-state index is 0.635. The second-order valence-corrected chi connectivity index (χ2v) is 6.30. The van der Waals surface area contributed by atoms with E-state index in [-0.39, 0.29) is 0 Å². The van der Waals surface area contributed by atoms with Gasteiger partial charge in [-0.25, -0.2) is 0 Å². The van der Waals surface area contributed by atoms with Gasteiger partial charge in [0.2, 0.25) is 0 Å². The molecule has 1 aromatic carbocycles. The van der Waals surface area contributed by atoms with Crippen LogP contribution in [0.3, 0.4) is 0 Å². The lowest BCUT2D eigenvalue weighted by atomic mass is 10.1. The van der Waals surface area contributed by atoms with Crippen molar-refractivity contribution in [2.24, 2.45) is 5.92 Å². The van der Waals surface area contributed by atoms with Crippen LogP contribution in [0.25, 0.3) is 0 Å². The number of nitrogens with zero attached hydrogens (tertiary/aromatic N) is 1. The fraction of sp³-hybridized carbons (Fsp3) is 0.625. The maximum Gasteiger partial charge on any atom is 0.179 e. The molecule has 1 N–H and O–H groups in total. The van der Waals surface area contributed by atoms with Crippen molar-refractivity contribution in [3.05, 3.63) is 22.7 Å². The van der Waals surface area contributed by atoms with Gasteiger partial charge in [0.25, 0.3) is 0 Å². The number of rotatable bonds is 6. The first-order valence-corrected chi connectivity index (χ1v) is 8.06. The Morgan fingerprint density at radius 2 is 2.05 bits per heavy atom. The van der Waals surface area contributed by atoms with Crippen molar-refractivity contribution in [3.63, 3.8) is 0 Å². The molecule has 1 aromatic rings. The van der Waals surface area contributed by atoms with Crippen LogP contribution in [0.4, 0.5) is 0 Å². The Balaban J connectivity index is 1.72. The minimum absolute atomic E-state index is 0.635. The normalized spacial score (nSPS) is 19.5. The molecular weight excluding hydrogens is 288 g/mol. The van der Waals surface area contributed by atoms with Crippen molar-refractivity contribution >= 4 is 11.6 Å². The fourth-order valence-electron chi connectivity index (χ4n) is 2.64. The van der Waals surface area contributed by atoms with Gasteiger partial charge in [0, 0.05) is 32.7 Å². The standard InChI is InChI=1S/C16H23ClN2O2/c1-20-16-14(17)8-13(10-19-6-4-18-5-7-19)9-15(16)21-11-12-2-3-12/h8-9,12,18H,2-7,10-11H2,1H3. The van der Waals surface area contributed by atoms with E-state index >= 15 is 0 Å². The van der Waals surface area contributed by atoms with Crippen LogP contribution in [0.1, 0.15) is 18.4 Å². The Morgan fingerprint density at radius 1 is 1.29 bits per heavy atom. The molecule has 0 amide bonds. The number of methoxy groups -OCH3 is 1. The van der Waals surface area contributed by atoms with Crippen LogP contribution in [0.15, 0.2) is 12.1 Å². The summed E-state index contributed by atoms with van der Waals surface area (Å²) in [4.78, 5) is 2.43. The first-order chi connectivity index (χ1) is 10.3. The van der Waals surface area contributed by atoms with Gasteiger partial charge in [0.15, 0.2) is 11.5 Å². The highest BCUT2D eigenvalue weighted by molar-refractivity contribution is 6.32. The van der Waals surface area contributed by atoms with Gasteiger partial charge in [0.05, 0.1) is 18.7 Å². The van der Waals surface area contributed by atoms with Crippen molar-refractivity contribution in [1.82, 2.24) is 10.2 Å². The summed E-state index contributed by atoms with van der Waals surface area (Å²) in [5, 5.41) is 4.00. The first kappa shape index (κ1) is 14.9. The Kier molecular flexibility index (Phi) is 4.88. The van der Waals surface area contributed by atoms with Gasteiger partial charge in [-0.1, -0.05) is 11.6 Å². The molecule has 1 aliphatic carbocycles. The van der Waals surface area contributed by atoms with Crippen LogP contribution >= 0.6 is 11.6 Å². The molecule has 1 saturated heterocycles. The highest BCUT2D eigenvalue weighted by Crippen LogP contribution is 2.38. The summed E-state index contributed by atoms with van der Waals surface area (Å²) in [5.74, 6) is 2.15. The highest BCUT2D eigenvalue weighted by atomic mass is 35.5. The van der Waals surface area contributed by atoms with Crippen molar-refractivity contribution < 1.29 is 9.47 Å². The van der Waals surface area contributed by atoms with Gasteiger partial charge >= 0.3 is 0 Å². The molecule has 0 radical (unpaired) electrons. The van der Waals surface area contributed by atoms with Gasteiger partial charge in [-0.05, 0) is 36.5 Å². The largest absolute Gasteiger partial charge is 0.491 e. The molecule has 2 fully saturated rings. The predicted octanol–water partition coefficient (Wildman–Crippen LogP) is 2.54. The molecule has 116 valence electrons. The van der Waals surface area contributed by atoms with E-state index in [0.29, 0.717) is 16.7 Å². The molecule has 0 atom stereocenters. The molecule has 21 heavy (non-hydrogen) atoms. The average Bonchev–Trinajstić information content (AvgIpc) is 3.30. The summed E-state index contributed by atoms with van der Waals surface area (Å²) in [5.41, 5.74) is 1.19. The second-order valence-electron chi connectivity index (χ2n) is 5.89. The number of hydrogen-bond donors (Lipinski definition) is 1. The van der Waals surface area contributed by atoms with Gasteiger partial charge in [-0.15, -0.1) is 0 Å². The topological polar surface area (TPSA) is 33.7 Å². The number of piperazine rings is 1. The molecule has 0 unspecified atom stereocenters. The summed E-state index contributed by atoms with van der Waals surface area (Å²) in [6, 6.07) is 4.07. The third-order valence-corrected chi connectivity index (χ3v) is 4.34. The van der Waals surface area contributed by atoms with Crippen LogP contribution in [0.2, 0.25) is 5.02 Å². The predicted molar refractivity (Wildman–Crippen MR) is 84.4 cm³/mol. The summed E-state index contributed by atoms with van der Waals surface area (Å²) in [6.07, 6.45) is 2.55. The van der Waals surface area contributed by atoms with E-state index < -0.39 is 0 Å². The third kappa shape index (κ3) is 4.02. The molecule has 4 nitrogen and oxygen atoms in total. The molecule has 0 aromatic heterocycles. The Morgan fingerprint density at radius 3 is 2.71 bits per heavy atom. The molecule has 1 heterocycles. The van der Waals surface area contributed by atoms with Crippen LogP contribution in [0.5, 0.6) is 11.5 Å². The van der Waals surface area contributed by atoms with E-state index in [9.17, 15) is 0 Å². The Labute approximate surface area is 131 Å². The molecule has 2 aliphatic rings. The molecule has 3 rings (SSSR count). The van der Waals surface area contributed by atoms with Gasteiger partial charge in [-0.2, -0.15) is 0 Å². The van der Waals surface area contributed by atoms with Gasteiger partial charge in [0.1, 0.15) is 0 Å². The number of nitrogens with one attached hydrogen (secondary N) is 1. The second kappa shape index (κ2) is 6.86. The zero-order valence-electron chi connectivity index (χ0n) is 12.5. The lowest BCUT2D eigenvalue weighted by Gasteiger charge is -2.27. The maximum absolute atomic E-state index is 6.35. The SMILES string of the molecule is COc1c(Cl)cc(CN2CCNCC2)cc1OCC1CC1. The third-order valence-electron chi connectivity index (χ3n) is 4.06. The van der Waals surface area contributed by atoms with E-state index in [4.69, 9.17) is 21.1 Å². The monoisotopic (exact) mass is 310 g/mol. The molecule has 5 heteroatoms.